The summed E-state index contributed by atoms with van der Waals surface area (Å²) >= 11 is 6.54. The van der Waals surface area contributed by atoms with Crippen molar-refractivity contribution in [1.82, 2.24) is 21.2 Å². The van der Waals surface area contributed by atoms with Crippen molar-refractivity contribution in [2.24, 2.45) is 0 Å². The number of aryl methyl sites for hydroxylation is 1. The molecule has 0 radical (unpaired) electrons. The first-order chi connectivity index (χ1) is 10.5. The number of carbonyl (C=O) groups is 1. The zero-order valence-corrected chi connectivity index (χ0v) is 13.5. The van der Waals surface area contributed by atoms with Gasteiger partial charge in [-0.15, -0.1) is 11.3 Å². The smallest absolute Gasteiger partial charge is 0.244 e. The van der Waals surface area contributed by atoms with Gasteiger partial charge < -0.3 is 5.32 Å². The van der Waals surface area contributed by atoms with Gasteiger partial charge in [0.2, 0.25) is 5.91 Å². The average molecular weight is 338 g/mol. The van der Waals surface area contributed by atoms with Crippen LogP contribution in [-0.2, 0) is 17.8 Å². The van der Waals surface area contributed by atoms with Gasteiger partial charge in [-0.1, -0.05) is 12.1 Å². The summed E-state index contributed by atoms with van der Waals surface area (Å²) in [5.74, 6) is -0.509. The van der Waals surface area contributed by atoms with Gasteiger partial charge >= 0.3 is 0 Å². The fourth-order valence-electron chi connectivity index (χ4n) is 1.65. The van der Waals surface area contributed by atoms with Crippen molar-refractivity contribution in [3.8, 4) is 0 Å². The Hall–Kier alpha value is -2.06. The molecule has 0 atom stereocenters. The number of rotatable bonds is 4. The lowest BCUT2D eigenvalue weighted by atomic mass is 10.2. The SMILES string of the molecule is Cc1nc(CC(=O)NNC(=S)NCc2ccc(F)cc2)cs1. The second-order valence-corrected chi connectivity index (χ2v) is 5.99. The van der Waals surface area contributed by atoms with E-state index < -0.39 is 0 Å². The number of hydrogen-bond donors (Lipinski definition) is 3. The molecule has 0 saturated heterocycles. The maximum atomic E-state index is 12.8. The van der Waals surface area contributed by atoms with E-state index in [-0.39, 0.29) is 23.3 Å². The van der Waals surface area contributed by atoms with Gasteiger partial charge in [0.05, 0.1) is 17.1 Å². The number of nitrogens with one attached hydrogen (secondary N) is 3. The lowest BCUT2D eigenvalue weighted by Crippen LogP contribution is -2.47. The first-order valence-electron chi connectivity index (χ1n) is 6.51. The highest BCUT2D eigenvalue weighted by Crippen LogP contribution is 2.08. The Kier molecular flexibility index (Phi) is 5.79. The van der Waals surface area contributed by atoms with E-state index in [2.05, 4.69) is 21.2 Å². The van der Waals surface area contributed by atoms with Crippen molar-refractivity contribution >= 4 is 34.6 Å². The molecule has 0 aliphatic carbocycles. The fourth-order valence-corrected chi connectivity index (χ4v) is 2.39. The molecule has 116 valence electrons. The molecule has 1 heterocycles. The van der Waals surface area contributed by atoms with Gasteiger partial charge in [0.25, 0.3) is 0 Å². The average Bonchev–Trinajstić information content (AvgIpc) is 2.89. The first-order valence-corrected chi connectivity index (χ1v) is 7.80. The number of hydrazine groups is 1. The lowest BCUT2D eigenvalue weighted by Gasteiger charge is -2.11. The quantitative estimate of drug-likeness (QED) is 0.586. The van der Waals surface area contributed by atoms with Crippen molar-refractivity contribution in [1.29, 1.82) is 0 Å². The van der Waals surface area contributed by atoms with E-state index in [4.69, 9.17) is 12.2 Å². The number of nitrogens with zero attached hydrogens (tertiary/aromatic N) is 1. The Labute approximate surface area is 136 Å². The predicted molar refractivity (Wildman–Crippen MR) is 87.7 cm³/mol. The van der Waals surface area contributed by atoms with E-state index in [9.17, 15) is 9.18 Å². The molecular formula is C14H15FN4OS2. The second kappa shape index (κ2) is 7.81. The highest BCUT2D eigenvalue weighted by Gasteiger charge is 2.06. The normalized spacial score (nSPS) is 10.1. The number of carbonyl (C=O) groups excluding carboxylic acids is 1. The molecule has 0 fully saturated rings. The topological polar surface area (TPSA) is 66.0 Å². The molecule has 0 spiro atoms. The van der Waals surface area contributed by atoms with Crippen LogP contribution in [0.5, 0.6) is 0 Å². The van der Waals surface area contributed by atoms with Crippen molar-refractivity contribution < 1.29 is 9.18 Å². The molecule has 0 saturated carbocycles. The van der Waals surface area contributed by atoms with Crippen LogP contribution < -0.4 is 16.2 Å². The fraction of sp³-hybridized carbons (Fsp3) is 0.214. The molecule has 22 heavy (non-hydrogen) atoms. The zero-order valence-electron chi connectivity index (χ0n) is 11.9. The van der Waals surface area contributed by atoms with Crippen LogP contribution in [0.2, 0.25) is 0 Å². The minimum Gasteiger partial charge on any atom is -0.357 e. The Morgan fingerprint density at radius 3 is 2.68 bits per heavy atom. The van der Waals surface area contributed by atoms with Crippen LogP contribution >= 0.6 is 23.6 Å². The summed E-state index contributed by atoms with van der Waals surface area (Å²) < 4.78 is 12.8. The van der Waals surface area contributed by atoms with Crippen LogP contribution in [0.25, 0.3) is 0 Å². The van der Waals surface area contributed by atoms with Crippen LogP contribution in [0.3, 0.4) is 0 Å². The Morgan fingerprint density at radius 1 is 1.32 bits per heavy atom. The molecule has 0 aliphatic heterocycles. The summed E-state index contributed by atoms with van der Waals surface area (Å²) in [7, 11) is 0. The van der Waals surface area contributed by atoms with E-state index in [0.29, 0.717) is 6.54 Å². The minimum absolute atomic E-state index is 0.192. The number of benzene rings is 1. The minimum atomic E-state index is -0.283. The van der Waals surface area contributed by atoms with Crippen LogP contribution in [-0.4, -0.2) is 16.0 Å². The molecule has 2 aromatic rings. The summed E-state index contributed by atoms with van der Waals surface area (Å²) in [6.45, 7) is 2.33. The number of thiocarbonyl (C=S) groups is 1. The van der Waals surface area contributed by atoms with Gasteiger partial charge in [0.15, 0.2) is 5.11 Å². The van der Waals surface area contributed by atoms with E-state index in [1.54, 1.807) is 12.1 Å². The highest BCUT2D eigenvalue weighted by atomic mass is 32.1. The number of amides is 1. The lowest BCUT2D eigenvalue weighted by molar-refractivity contribution is -0.121. The first kappa shape index (κ1) is 16.3. The third-order valence-corrected chi connectivity index (χ3v) is 3.76. The molecule has 0 bridgehead atoms. The molecule has 0 unspecified atom stereocenters. The third-order valence-electron chi connectivity index (χ3n) is 2.69. The monoisotopic (exact) mass is 338 g/mol. The molecular weight excluding hydrogens is 323 g/mol. The molecule has 2 rings (SSSR count). The molecule has 1 amide bonds. The van der Waals surface area contributed by atoms with E-state index in [1.165, 1.54) is 23.5 Å². The maximum Gasteiger partial charge on any atom is 0.244 e. The van der Waals surface area contributed by atoms with Gasteiger partial charge in [0.1, 0.15) is 5.82 Å². The Balaban J connectivity index is 1.68. The second-order valence-electron chi connectivity index (χ2n) is 4.52. The largest absolute Gasteiger partial charge is 0.357 e. The molecule has 8 heteroatoms. The number of halogens is 1. The standard InChI is InChI=1S/C14H15FN4OS2/c1-9-17-12(8-22-9)6-13(20)18-19-14(21)16-7-10-2-4-11(15)5-3-10/h2-5,8H,6-7H2,1H3,(H,18,20)(H2,16,19,21). The van der Waals surface area contributed by atoms with Gasteiger partial charge in [-0.25, -0.2) is 9.37 Å². The van der Waals surface area contributed by atoms with Crippen molar-refractivity contribution in [2.45, 2.75) is 19.9 Å². The van der Waals surface area contributed by atoms with Crippen LogP contribution in [0.15, 0.2) is 29.6 Å². The summed E-state index contributed by atoms with van der Waals surface area (Å²) in [5, 5.41) is 5.97. The van der Waals surface area contributed by atoms with E-state index >= 15 is 0 Å². The number of thiazole rings is 1. The Morgan fingerprint density at radius 2 is 2.05 bits per heavy atom. The van der Waals surface area contributed by atoms with Crippen LogP contribution in [0.1, 0.15) is 16.3 Å². The van der Waals surface area contributed by atoms with Gasteiger partial charge in [-0.05, 0) is 36.8 Å². The summed E-state index contributed by atoms with van der Waals surface area (Å²) in [6, 6.07) is 6.08. The van der Waals surface area contributed by atoms with Crippen molar-refractivity contribution in [3.63, 3.8) is 0 Å². The summed E-state index contributed by atoms with van der Waals surface area (Å²) in [5.41, 5.74) is 6.72. The third kappa shape index (κ3) is 5.38. The maximum absolute atomic E-state index is 12.8. The molecule has 3 N–H and O–H groups in total. The molecule has 0 aliphatic rings. The molecule has 1 aromatic heterocycles. The summed E-state index contributed by atoms with van der Waals surface area (Å²) in [6.07, 6.45) is 0.192. The van der Waals surface area contributed by atoms with Crippen molar-refractivity contribution in [2.75, 3.05) is 0 Å². The van der Waals surface area contributed by atoms with Gasteiger partial charge in [0, 0.05) is 11.9 Å². The number of hydrogen-bond acceptors (Lipinski definition) is 4. The van der Waals surface area contributed by atoms with Crippen LogP contribution in [0.4, 0.5) is 4.39 Å². The van der Waals surface area contributed by atoms with Crippen LogP contribution in [0, 0.1) is 12.7 Å². The van der Waals surface area contributed by atoms with E-state index in [0.717, 1.165) is 16.3 Å². The Bertz CT molecular complexity index is 657. The predicted octanol–water partition coefficient (Wildman–Crippen LogP) is 1.83. The summed E-state index contributed by atoms with van der Waals surface area (Å²) in [4.78, 5) is 15.9. The van der Waals surface area contributed by atoms with Gasteiger partial charge in [-0.2, -0.15) is 0 Å². The van der Waals surface area contributed by atoms with E-state index in [1.807, 2.05) is 12.3 Å². The zero-order chi connectivity index (χ0) is 15.9. The van der Waals surface area contributed by atoms with Crippen molar-refractivity contribution in [3.05, 3.63) is 51.7 Å². The molecule has 1 aromatic carbocycles. The number of aromatic nitrogens is 1. The highest BCUT2D eigenvalue weighted by molar-refractivity contribution is 7.80. The molecule has 5 nitrogen and oxygen atoms in total. The van der Waals surface area contributed by atoms with Gasteiger partial charge in [-0.3, -0.25) is 15.6 Å².